The maximum Gasteiger partial charge on any atom is 0.0876 e. The van der Waals surface area contributed by atoms with Crippen LogP contribution in [0.5, 0.6) is 0 Å². The molecule has 0 saturated carbocycles. The van der Waals surface area contributed by atoms with Crippen LogP contribution in [0.2, 0.25) is 0 Å². The Bertz CT molecular complexity index is 1010. The summed E-state index contributed by atoms with van der Waals surface area (Å²) in [4.78, 5) is 0. The van der Waals surface area contributed by atoms with Gasteiger partial charge in [-0.25, -0.2) is 0 Å². The Kier molecular flexibility index (Phi) is 5.42. The summed E-state index contributed by atoms with van der Waals surface area (Å²) in [5.41, 5.74) is 7.36. The van der Waals surface area contributed by atoms with E-state index in [1.165, 1.54) is 11.1 Å². The van der Waals surface area contributed by atoms with Gasteiger partial charge >= 0.3 is 0 Å². The van der Waals surface area contributed by atoms with Crippen LogP contribution in [0.25, 0.3) is 11.1 Å². The van der Waals surface area contributed by atoms with E-state index in [2.05, 4.69) is 102 Å². The fraction of sp³-hybridized carbons (Fsp3) is 0.321. The molecular weight excluding hydrogens is 350 g/mol. The number of rotatable bonds is 2. The summed E-state index contributed by atoms with van der Waals surface area (Å²) in [5.74, 6) is 2.51. The van der Waals surface area contributed by atoms with Crippen LogP contribution in [0.15, 0.2) is 60.7 Å². The van der Waals surface area contributed by atoms with Gasteiger partial charge in [0.15, 0.2) is 0 Å². The topological polar surface area (TPSA) is 23.9 Å². The first-order chi connectivity index (χ1) is 13.5. The number of benzene rings is 2. The molecule has 0 bridgehead atoms. The van der Waals surface area contributed by atoms with E-state index in [1.54, 1.807) is 0 Å². The monoisotopic (exact) mass is 381 g/mol. The molecule has 1 heteroatoms. The van der Waals surface area contributed by atoms with Gasteiger partial charge in [-0.15, -0.1) is 6.42 Å². The van der Waals surface area contributed by atoms with Crippen LogP contribution in [0.4, 0.5) is 0 Å². The third-order valence-electron chi connectivity index (χ3n) is 5.63. The maximum absolute atomic E-state index is 8.79. The van der Waals surface area contributed by atoms with Crippen molar-refractivity contribution < 1.29 is 0 Å². The average Bonchev–Trinajstić information content (AvgIpc) is 2.66. The van der Waals surface area contributed by atoms with Crippen molar-refractivity contribution in [3.63, 3.8) is 0 Å². The van der Waals surface area contributed by atoms with Gasteiger partial charge < -0.3 is 5.41 Å². The summed E-state index contributed by atoms with van der Waals surface area (Å²) in [7, 11) is 0. The Balaban J connectivity index is 1.97. The molecule has 0 fully saturated rings. The normalized spacial score (nSPS) is 17.4. The van der Waals surface area contributed by atoms with E-state index in [0.717, 1.165) is 22.3 Å². The van der Waals surface area contributed by atoms with Crippen LogP contribution >= 0.6 is 0 Å². The molecule has 29 heavy (non-hydrogen) atoms. The predicted octanol–water partition coefficient (Wildman–Crippen LogP) is 7.03. The van der Waals surface area contributed by atoms with Crippen molar-refractivity contribution in [1.29, 1.82) is 5.41 Å². The molecular formula is C28H31N. The van der Waals surface area contributed by atoms with Gasteiger partial charge in [0.2, 0.25) is 0 Å². The van der Waals surface area contributed by atoms with E-state index < -0.39 is 0 Å². The van der Waals surface area contributed by atoms with Gasteiger partial charge in [-0.05, 0) is 38.7 Å². The minimum atomic E-state index is -0.335. The predicted molar refractivity (Wildman–Crippen MR) is 126 cm³/mol. The van der Waals surface area contributed by atoms with E-state index >= 15 is 0 Å². The van der Waals surface area contributed by atoms with Gasteiger partial charge in [-0.1, -0.05) is 108 Å². The molecule has 1 N–H and O–H groups in total. The Labute approximate surface area is 176 Å². The Hall–Kier alpha value is -2.85. The first-order valence-electron chi connectivity index (χ1n) is 10.2. The van der Waals surface area contributed by atoms with E-state index in [0.29, 0.717) is 5.71 Å². The Morgan fingerprint density at radius 3 is 1.59 bits per heavy atom. The zero-order chi connectivity index (χ0) is 21.4. The molecule has 2 aromatic carbocycles. The van der Waals surface area contributed by atoms with E-state index in [-0.39, 0.29) is 16.7 Å². The van der Waals surface area contributed by atoms with Gasteiger partial charge in [0.25, 0.3) is 0 Å². The van der Waals surface area contributed by atoms with E-state index in [1.807, 2.05) is 6.08 Å². The highest BCUT2D eigenvalue weighted by atomic mass is 14.5. The first kappa shape index (κ1) is 20.9. The smallest absolute Gasteiger partial charge is 0.0876 e. The fourth-order valence-electron chi connectivity index (χ4n) is 3.67. The van der Waals surface area contributed by atoms with Crippen LogP contribution in [0, 0.1) is 23.7 Å². The molecule has 3 rings (SSSR count). The van der Waals surface area contributed by atoms with E-state index in [9.17, 15) is 0 Å². The quantitative estimate of drug-likeness (QED) is 0.540. The Morgan fingerprint density at radius 1 is 0.724 bits per heavy atom. The second kappa shape index (κ2) is 7.53. The molecule has 1 aliphatic rings. The lowest BCUT2D eigenvalue weighted by Gasteiger charge is -2.25. The van der Waals surface area contributed by atoms with Crippen LogP contribution in [0.3, 0.4) is 0 Å². The number of hydrogen-bond acceptors (Lipinski definition) is 1. The highest BCUT2D eigenvalue weighted by Crippen LogP contribution is 2.35. The standard InChI is InChI=1S/C28H31N/c1-8-23-24(19-9-13-21(14-10-19)27(2,3)4)17-18-25(26(23)29)20-11-15-22(16-12-20)28(5,6)7/h1,9-18,23,29H,2-7H3. The lowest BCUT2D eigenvalue weighted by Crippen LogP contribution is -2.19. The molecule has 1 nitrogen and oxygen atoms in total. The van der Waals surface area contributed by atoms with E-state index in [4.69, 9.17) is 11.8 Å². The highest BCUT2D eigenvalue weighted by molar-refractivity contribution is 6.29. The van der Waals surface area contributed by atoms with Gasteiger partial charge in [-0.2, -0.15) is 0 Å². The van der Waals surface area contributed by atoms with Crippen LogP contribution in [0.1, 0.15) is 63.8 Å². The molecule has 0 aromatic heterocycles. The molecule has 0 amide bonds. The number of nitrogens with one attached hydrogen (secondary N) is 1. The molecule has 0 radical (unpaired) electrons. The van der Waals surface area contributed by atoms with Crippen molar-refractivity contribution in [3.8, 4) is 12.3 Å². The molecule has 0 spiro atoms. The van der Waals surface area contributed by atoms with Crippen LogP contribution in [-0.2, 0) is 10.8 Å². The van der Waals surface area contributed by atoms with Crippen molar-refractivity contribution in [2.75, 3.05) is 0 Å². The second-order valence-electron chi connectivity index (χ2n) is 9.87. The molecule has 1 atom stereocenters. The molecule has 0 saturated heterocycles. The minimum Gasteiger partial charge on any atom is -0.303 e. The number of terminal acetylenes is 1. The molecule has 0 aliphatic heterocycles. The SMILES string of the molecule is C#CC1C(=N)C(c2ccc(C(C)(C)C)cc2)=CC=C1c1ccc(C(C)(C)C)cc1. The molecule has 1 unspecified atom stereocenters. The summed E-state index contributed by atoms with van der Waals surface area (Å²) >= 11 is 0. The third-order valence-corrected chi connectivity index (χ3v) is 5.63. The zero-order valence-electron chi connectivity index (χ0n) is 18.4. The van der Waals surface area contributed by atoms with Crippen molar-refractivity contribution in [1.82, 2.24) is 0 Å². The van der Waals surface area contributed by atoms with Crippen molar-refractivity contribution in [3.05, 3.63) is 82.9 Å². The fourth-order valence-corrected chi connectivity index (χ4v) is 3.67. The molecule has 1 aliphatic carbocycles. The highest BCUT2D eigenvalue weighted by Gasteiger charge is 2.26. The van der Waals surface area contributed by atoms with Crippen molar-refractivity contribution >= 4 is 16.9 Å². The van der Waals surface area contributed by atoms with Gasteiger partial charge in [0.1, 0.15) is 0 Å². The summed E-state index contributed by atoms with van der Waals surface area (Å²) in [5, 5.41) is 8.79. The third kappa shape index (κ3) is 4.28. The van der Waals surface area contributed by atoms with Gasteiger partial charge in [0, 0.05) is 5.57 Å². The average molecular weight is 382 g/mol. The lowest BCUT2D eigenvalue weighted by atomic mass is 9.78. The second-order valence-corrected chi connectivity index (χ2v) is 9.87. The first-order valence-corrected chi connectivity index (χ1v) is 10.2. The maximum atomic E-state index is 8.79. The molecule has 2 aromatic rings. The summed E-state index contributed by atoms with van der Waals surface area (Å²) in [6.07, 6.45) is 10.0. The lowest BCUT2D eigenvalue weighted by molar-refractivity contribution is 0.590. The van der Waals surface area contributed by atoms with Gasteiger partial charge in [0.05, 0.1) is 11.6 Å². The van der Waals surface area contributed by atoms with Crippen molar-refractivity contribution in [2.24, 2.45) is 5.92 Å². The zero-order valence-corrected chi connectivity index (χ0v) is 18.4. The Morgan fingerprint density at radius 2 is 1.17 bits per heavy atom. The number of hydrogen-bond donors (Lipinski definition) is 1. The van der Waals surface area contributed by atoms with Crippen LogP contribution < -0.4 is 0 Å². The number of allylic oxidation sites excluding steroid dienone is 4. The summed E-state index contributed by atoms with van der Waals surface area (Å²) in [6, 6.07) is 17.1. The largest absolute Gasteiger partial charge is 0.303 e. The van der Waals surface area contributed by atoms with Gasteiger partial charge in [-0.3, -0.25) is 0 Å². The molecule has 0 heterocycles. The van der Waals surface area contributed by atoms with Crippen LogP contribution in [-0.4, -0.2) is 5.71 Å². The summed E-state index contributed by atoms with van der Waals surface area (Å²) in [6.45, 7) is 13.3. The summed E-state index contributed by atoms with van der Waals surface area (Å²) < 4.78 is 0. The minimum absolute atomic E-state index is 0.112. The molecule has 148 valence electrons. The van der Waals surface area contributed by atoms with Crippen molar-refractivity contribution in [2.45, 2.75) is 52.4 Å².